The van der Waals surface area contributed by atoms with Crippen LogP contribution in [0.15, 0.2) is 97.3 Å². The normalized spacial score (nSPS) is 30.1. The molecule has 5 aromatic rings. The fraction of sp³-hybridized carbons (Fsp3) is 0.600. The molecule has 3 amide bonds. The lowest BCUT2D eigenvalue weighted by atomic mass is 9.31. The van der Waals surface area contributed by atoms with Gasteiger partial charge in [0.25, 0.3) is 0 Å². The minimum absolute atomic E-state index is 0.00105. The first-order valence-corrected chi connectivity index (χ1v) is 31.4. The molecule has 5 aliphatic rings. The molecule has 0 radical (unpaired) electrons. The van der Waals surface area contributed by atoms with E-state index in [-0.39, 0.29) is 53.5 Å². The first kappa shape index (κ1) is 62.4. The van der Waals surface area contributed by atoms with Crippen molar-refractivity contribution in [2.75, 3.05) is 14.2 Å². The minimum atomic E-state index is -1.57. The summed E-state index contributed by atoms with van der Waals surface area (Å²) in [6.07, 6.45) is 12.0. The van der Waals surface area contributed by atoms with Gasteiger partial charge in [-0.05, 0) is 187 Å². The first-order valence-electron chi connectivity index (χ1n) is 31.4. The largest absolute Gasteiger partial charge is 0.497 e. The minimum Gasteiger partial charge on any atom is -0.497 e. The van der Waals surface area contributed by atoms with Crippen LogP contribution in [0.25, 0.3) is 10.9 Å². The van der Waals surface area contributed by atoms with Crippen molar-refractivity contribution >= 4 is 34.8 Å². The number of H-pyrrole nitrogens is 1. The van der Waals surface area contributed by atoms with Crippen LogP contribution < -0.4 is 20.1 Å². The van der Waals surface area contributed by atoms with E-state index in [4.69, 9.17) is 24.5 Å². The fourth-order valence-corrected chi connectivity index (χ4v) is 18.3. The van der Waals surface area contributed by atoms with Gasteiger partial charge >= 0.3 is 12.1 Å². The number of hydrogen-bond donors (Lipinski definition) is 5. The summed E-state index contributed by atoms with van der Waals surface area (Å²) in [5, 5.41) is 41.0. The molecule has 5 N–H and O–H groups in total. The highest BCUT2D eigenvalue weighted by Gasteiger charge is 2.73. The number of nitrogens with zero attached hydrogens (tertiary/aromatic N) is 4. The highest BCUT2D eigenvalue weighted by atomic mass is 16.6. The predicted molar refractivity (Wildman–Crippen MR) is 332 cm³/mol. The first-order chi connectivity index (χ1) is 40.5. The van der Waals surface area contributed by atoms with Crippen LogP contribution in [0, 0.1) is 56.7 Å². The van der Waals surface area contributed by atoms with Crippen LogP contribution in [0.3, 0.4) is 0 Å². The van der Waals surface area contributed by atoms with Gasteiger partial charge in [-0.2, -0.15) is 0 Å². The Morgan fingerprint density at radius 2 is 1.53 bits per heavy atom. The zero-order valence-electron chi connectivity index (χ0n) is 53.3. The number of hydrogen-bond acceptors (Lipinski definition) is 10. The van der Waals surface area contributed by atoms with Gasteiger partial charge in [0.1, 0.15) is 40.0 Å². The van der Waals surface area contributed by atoms with Gasteiger partial charge in [0, 0.05) is 40.6 Å². The number of aliphatic hydroxyl groups is 1. The summed E-state index contributed by atoms with van der Waals surface area (Å²) in [4.78, 5) is 63.0. The van der Waals surface area contributed by atoms with Crippen molar-refractivity contribution in [1.29, 1.82) is 0 Å². The van der Waals surface area contributed by atoms with E-state index in [1.54, 1.807) is 64.6 Å². The molecule has 86 heavy (non-hydrogen) atoms. The summed E-state index contributed by atoms with van der Waals surface area (Å²) >= 11 is 0. The lowest BCUT2D eigenvalue weighted by Crippen LogP contribution is -2.68. The molecule has 2 heterocycles. The maximum absolute atomic E-state index is 15.7. The summed E-state index contributed by atoms with van der Waals surface area (Å²) in [6.45, 7) is 27.4. The number of para-hydroxylation sites is 1. The number of aliphatic carboxylic acids is 1. The van der Waals surface area contributed by atoms with Crippen LogP contribution in [0.4, 0.5) is 4.79 Å². The van der Waals surface area contributed by atoms with Crippen LogP contribution in [-0.2, 0) is 50.7 Å². The number of carboxylic acid groups (broad SMARTS) is 1. The quantitative estimate of drug-likeness (QED) is 0.0521. The molecule has 5 saturated carbocycles. The number of ether oxygens (including phenoxy) is 3. The highest BCUT2D eigenvalue weighted by Crippen LogP contribution is 2.78. The molecule has 5 aliphatic carbocycles. The van der Waals surface area contributed by atoms with Gasteiger partial charge in [0.2, 0.25) is 11.8 Å². The summed E-state index contributed by atoms with van der Waals surface area (Å²) < 4.78 is 18.9. The van der Waals surface area contributed by atoms with E-state index in [1.807, 2.05) is 67.0 Å². The van der Waals surface area contributed by atoms with Gasteiger partial charge in [0.15, 0.2) is 0 Å². The van der Waals surface area contributed by atoms with Crippen LogP contribution in [-0.4, -0.2) is 96.4 Å². The number of aromatic amines is 1. The number of amides is 3. The van der Waals surface area contributed by atoms with Crippen molar-refractivity contribution in [3.05, 3.63) is 120 Å². The molecule has 464 valence electrons. The fourth-order valence-electron chi connectivity index (χ4n) is 18.3. The average molecular weight is 1180 g/mol. The van der Waals surface area contributed by atoms with Crippen LogP contribution in [0.2, 0.25) is 0 Å². The number of methoxy groups -OCH3 is 2. The Bertz CT molecular complexity index is 3360. The lowest BCUT2D eigenvalue weighted by molar-refractivity contribution is -0.268. The average Bonchev–Trinajstić information content (AvgIpc) is 0.926. The number of carboxylic acids is 1. The van der Waals surface area contributed by atoms with Crippen LogP contribution in [0.1, 0.15) is 163 Å². The molecule has 0 spiro atoms. The summed E-state index contributed by atoms with van der Waals surface area (Å²) in [5.74, 6) is 0.634. The molecule has 12 atom stereocenters. The Labute approximate surface area is 509 Å². The van der Waals surface area contributed by atoms with Crippen molar-refractivity contribution in [3.63, 3.8) is 0 Å². The second-order valence-electron chi connectivity index (χ2n) is 29.3. The Morgan fingerprint density at radius 1 is 0.814 bits per heavy atom. The molecule has 0 bridgehead atoms. The standard InChI is InChI=1S/C70H95N7O9/c1-43(2)49-28-31-69(61(80)81)34-33-67(11)51(58(49)69)26-27-56-66(10)32-35-70(83,64(6,7)55(66)29-30-68(56,67)12)57-42-76(75-74-57)41-47(36-44-20-16-15-17-21-44)72-60(79)65(8,9)77(40-45-24-25-48(84-13)38-54(45)85-14)59(78)53(73-62(82)86-63(3,4)5)37-46-39-71-52-23-19-18-22-50(46)52/h15-25,38-39,42,47,49,51,53,55-56,58,71,83H,1,26-37,40-41H2,2-14H3,(H,72,79)(H,73,82)(H,80,81)/t47?,49-,51+,53+,55-,56+,58+,66-,67+,68+,69-,70+/m0/s1. The molecule has 1 unspecified atom stereocenters. The number of nitrogens with one attached hydrogen (secondary N) is 3. The highest BCUT2D eigenvalue weighted by molar-refractivity contribution is 5.94. The molecule has 0 aliphatic heterocycles. The van der Waals surface area contributed by atoms with Crippen LogP contribution in [0.5, 0.6) is 11.5 Å². The number of carbonyl (C=O) groups is 4. The number of alkyl carbamates (subject to hydrolysis) is 1. The van der Waals surface area contributed by atoms with E-state index in [0.29, 0.717) is 47.4 Å². The smallest absolute Gasteiger partial charge is 0.408 e. The lowest BCUT2D eigenvalue weighted by Gasteiger charge is -2.73. The Kier molecular flexibility index (Phi) is 16.5. The number of fused-ring (bicyclic) bond motifs is 8. The molecule has 3 aromatic carbocycles. The predicted octanol–water partition coefficient (Wildman–Crippen LogP) is 12.4. The number of benzene rings is 3. The third-order valence-corrected chi connectivity index (χ3v) is 23.2. The van der Waals surface area contributed by atoms with Gasteiger partial charge in [-0.25, -0.2) is 4.79 Å². The Balaban J connectivity index is 0.928. The zero-order valence-corrected chi connectivity index (χ0v) is 53.3. The maximum atomic E-state index is 15.7. The number of carbonyl (C=O) groups excluding carboxylic acids is 3. The molecule has 16 heteroatoms. The van der Waals surface area contributed by atoms with Crippen molar-refractivity contribution < 1.29 is 43.6 Å². The maximum Gasteiger partial charge on any atom is 0.408 e. The van der Waals surface area contributed by atoms with Crippen LogP contribution >= 0.6 is 0 Å². The van der Waals surface area contributed by atoms with E-state index >= 15 is 9.59 Å². The van der Waals surface area contributed by atoms with Crippen molar-refractivity contribution in [3.8, 4) is 11.5 Å². The third kappa shape index (κ3) is 10.7. The summed E-state index contributed by atoms with van der Waals surface area (Å²) in [6, 6.07) is 21.2. The van der Waals surface area contributed by atoms with Gasteiger partial charge < -0.3 is 44.9 Å². The number of rotatable bonds is 18. The van der Waals surface area contributed by atoms with E-state index in [2.05, 4.69) is 63.7 Å². The van der Waals surface area contributed by atoms with Gasteiger partial charge in [-0.3, -0.25) is 19.1 Å². The molecule has 5 fully saturated rings. The number of aromatic nitrogens is 4. The molecule has 16 nitrogen and oxygen atoms in total. The monoisotopic (exact) mass is 1180 g/mol. The molecule has 0 saturated heterocycles. The SMILES string of the molecule is C=C(C)[C@@H]1CC[C@]2(C(=O)O)CC[C@]3(C)[C@H](CC[C@@H]4[C@@]5(C)CC[C@@](O)(c6cn(CC(Cc7ccccc7)NC(=O)C(C)(C)N(Cc7ccc(OC)cc7OC)C(=O)[C@@H](Cc7c[nH]c8ccccc78)NC(=O)OC(C)(C)C)nn6)C(C)(C)[C@@H]5CC[C@]43C)[C@@H]12. The van der Waals surface area contributed by atoms with Crippen molar-refractivity contribution in [2.45, 2.75) is 195 Å². The number of allylic oxidation sites excluding steroid dienone is 1. The van der Waals surface area contributed by atoms with Gasteiger partial charge in [0.05, 0.1) is 45.0 Å². The van der Waals surface area contributed by atoms with E-state index < -0.39 is 63.5 Å². The van der Waals surface area contributed by atoms with Gasteiger partial charge in [-0.1, -0.05) is 101 Å². The van der Waals surface area contributed by atoms with Crippen molar-refractivity contribution in [1.82, 2.24) is 35.5 Å². The van der Waals surface area contributed by atoms with E-state index in [1.165, 1.54) is 12.0 Å². The molecule has 2 aromatic heterocycles. The summed E-state index contributed by atoms with van der Waals surface area (Å²) in [7, 11) is 3.10. The van der Waals surface area contributed by atoms with Crippen molar-refractivity contribution in [2.24, 2.45) is 56.7 Å². The second kappa shape index (κ2) is 22.8. The molecule has 10 rings (SSSR count). The van der Waals surface area contributed by atoms with Gasteiger partial charge in [-0.15, -0.1) is 5.10 Å². The topological polar surface area (TPSA) is 210 Å². The van der Waals surface area contributed by atoms with E-state index in [0.717, 1.165) is 85.4 Å². The zero-order chi connectivity index (χ0) is 62.2. The molecular weight excluding hydrogens is 1080 g/mol. The Hall–Kier alpha value is -6.68. The Morgan fingerprint density at radius 3 is 2.22 bits per heavy atom. The molecular formula is C70H95N7O9. The summed E-state index contributed by atoms with van der Waals surface area (Å²) in [5.41, 5.74) is -0.241. The van der Waals surface area contributed by atoms with E-state index in [9.17, 15) is 19.8 Å². The third-order valence-electron chi connectivity index (χ3n) is 23.2. The second-order valence-corrected chi connectivity index (χ2v) is 29.3.